The zero-order valence-electron chi connectivity index (χ0n) is 17.4. The van der Waals surface area contributed by atoms with Crippen molar-refractivity contribution >= 4 is 18.3 Å². The number of hydrogen-bond acceptors (Lipinski definition) is 4. The number of hydrogen-bond donors (Lipinski definition) is 1. The summed E-state index contributed by atoms with van der Waals surface area (Å²) in [5.74, 6) is 2.19. The second-order valence-electron chi connectivity index (χ2n) is 7.43. The van der Waals surface area contributed by atoms with Gasteiger partial charge in [-0.3, -0.25) is 4.79 Å². The summed E-state index contributed by atoms with van der Waals surface area (Å²) in [5.41, 5.74) is 3.15. The third-order valence-electron chi connectivity index (χ3n) is 5.42. The number of nitrogens with one attached hydrogen (secondary N) is 1. The van der Waals surface area contributed by atoms with Gasteiger partial charge in [-0.25, -0.2) is 0 Å². The van der Waals surface area contributed by atoms with Crippen LogP contribution in [0.3, 0.4) is 0 Å². The summed E-state index contributed by atoms with van der Waals surface area (Å²) < 4.78 is 10.6. The Bertz CT molecular complexity index is 789. The van der Waals surface area contributed by atoms with Crippen LogP contribution in [0.25, 0.3) is 0 Å². The minimum Gasteiger partial charge on any atom is -0.493 e. The zero-order chi connectivity index (χ0) is 19.9. The third kappa shape index (κ3) is 6.12. The number of methoxy groups -OCH3 is 2. The Kier molecular flexibility index (Phi) is 8.80. The highest BCUT2D eigenvalue weighted by Crippen LogP contribution is 2.27. The average molecular weight is 419 g/mol. The lowest BCUT2D eigenvalue weighted by molar-refractivity contribution is 0.0796. The predicted molar refractivity (Wildman–Crippen MR) is 119 cm³/mol. The van der Waals surface area contributed by atoms with Gasteiger partial charge in [0, 0.05) is 19.2 Å². The SMILES string of the molecule is COc1ccc(CCN(C)C(=O)c2ccc(CC3CCNC3)cc2)cc1OC.Cl. The van der Waals surface area contributed by atoms with Crippen LogP contribution in [0.15, 0.2) is 42.5 Å². The van der Waals surface area contributed by atoms with E-state index in [1.54, 1.807) is 19.1 Å². The van der Waals surface area contributed by atoms with Gasteiger partial charge in [0.2, 0.25) is 0 Å². The normalized spacial score (nSPS) is 15.5. The van der Waals surface area contributed by atoms with Crippen LogP contribution in [0.1, 0.15) is 27.9 Å². The van der Waals surface area contributed by atoms with E-state index in [0.29, 0.717) is 24.0 Å². The molecule has 1 aliphatic rings. The van der Waals surface area contributed by atoms with Gasteiger partial charge in [-0.1, -0.05) is 18.2 Å². The standard InChI is InChI=1S/C23H30N2O3.ClH/c1-25(13-11-18-6-9-21(27-2)22(15-18)28-3)23(26)20-7-4-17(5-8-20)14-19-10-12-24-16-19;/h4-9,15,19,24H,10-14,16H2,1-3H3;1H. The number of carbonyl (C=O) groups is 1. The Morgan fingerprint density at radius 1 is 1.07 bits per heavy atom. The Balaban J connectivity index is 0.00000300. The van der Waals surface area contributed by atoms with Crippen LogP contribution in [0, 0.1) is 5.92 Å². The maximum atomic E-state index is 12.7. The molecule has 0 radical (unpaired) electrons. The molecule has 0 aliphatic carbocycles. The summed E-state index contributed by atoms with van der Waals surface area (Å²) in [7, 11) is 5.10. The second-order valence-corrected chi connectivity index (χ2v) is 7.43. The summed E-state index contributed by atoms with van der Waals surface area (Å²) >= 11 is 0. The number of benzene rings is 2. The van der Waals surface area contributed by atoms with Crippen molar-refractivity contribution in [1.82, 2.24) is 10.2 Å². The van der Waals surface area contributed by atoms with Crippen molar-refractivity contribution in [2.45, 2.75) is 19.3 Å². The van der Waals surface area contributed by atoms with Gasteiger partial charge >= 0.3 is 0 Å². The molecule has 3 rings (SSSR count). The topological polar surface area (TPSA) is 50.8 Å². The lowest BCUT2D eigenvalue weighted by Gasteiger charge is -2.18. The van der Waals surface area contributed by atoms with Crippen molar-refractivity contribution in [2.24, 2.45) is 5.92 Å². The quantitative estimate of drug-likeness (QED) is 0.711. The average Bonchev–Trinajstić information content (AvgIpc) is 3.24. The Morgan fingerprint density at radius 3 is 2.38 bits per heavy atom. The maximum Gasteiger partial charge on any atom is 0.253 e. The molecular weight excluding hydrogens is 388 g/mol. The summed E-state index contributed by atoms with van der Waals surface area (Å²) in [6.07, 6.45) is 3.07. The Labute approximate surface area is 179 Å². The lowest BCUT2D eigenvalue weighted by atomic mass is 9.98. The molecule has 1 atom stereocenters. The molecule has 1 heterocycles. The van der Waals surface area contributed by atoms with Crippen molar-refractivity contribution in [3.63, 3.8) is 0 Å². The van der Waals surface area contributed by atoms with E-state index in [1.165, 1.54) is 12.0 Å². The number of carbonyl (C=O) groups excluding carboxylic acids is 1. The molecule has 6 heteroatoms. The smallest absolute Gasteiger partial charge is 0.253 e. The molecule has 158 valence electrons. The zero-order valence-corrected chi connectivity index (χ0v) is 18.3. The molecule has 1 amide bonds. The van der Waals surface area contributed by atoms with Crippen LogP contribution in [-0.2, 0) is 12.8 Å². The van der Waals surface area contributed by atoms with Crippen LogP contribution >= 0.6 is 12.4 Å². The minimum atomic E-state index is 0. The molecule has 0 aromatic heterocycles. The molecule has 0 spiro atoms. The van der Waals surface area contributed by atoms with Crippen molar-refractivity contribution < 1.29 is 14.3 Å². The number of rotatable bonds is 8. The summed E-state index contributed by atoms with van der Waals surface area (Å²) in [4.78, 5) is 14.5. The molecule has 2 aromatic carbocycles. The van der Waals surface area contributed by atoms with Crippen LogP contribution in [0.4, 0.5) is 0 Å². The Hall–Kier alpha value is -2.24. The predicted octanol–water partition coefficient (Wildman–Crippen LogP) is 3.59. The van der Waals surface area contributed by atoms with Gasteiger partial charge in [0.05, 0.1) is 14.2 Å². The molecular formula is C23H31ClN2O3. The summed E-state index contributed by atoms with van der Waals surface area (Å²) in [5, 5.41) is 3.40. The van der Waals surface area contributed by atoms with Crippen LogP contribution in [0.5, 0.6) is 11.5 Å². The molecule has 1 fully saturated rings. The first-order chi connectivity index (χ1) is 13.6. The fourth-order valence-corrected chi connectivity index (χ4v) is 3.66. The number of halogens is 1. The first-order valence-electron chi connectivity index (χ1n) is 9.86. The number of amides is 1. The van der Waals surface area contributed by atoms with Crippen molar-refractivity contribution in [1.29, 1.82) is 0 Å². The molecule has 29 heavy (non-hydrogen) atoms. The summed E-state index contributed by atoms with van der Waals surface area (Å²) in [6.45, 7) is 2.86. The van der Waals surface area contributed by atoms with Crippen molar-refractivity contribution in [3.8, 4) is 11.5 Å². The number of likely N-dealkylation sites (N-methyl/N-ethyl adjacent to an activating group) is 1. The first kappa shape index (κ1) is 23.0. The van der Waals surface area contributed by atoms with E-state index in [-0.39, 0.29) is 18.3 Å². The number of nitrogens with zero attached hydrogens (tertiary/aromatic N) is 1. The van der Waals surface area contributed by atoms with E-state index in [0.717, 1.165) is 37.1 Å². The van der Waals surface area contributed by atoms with Gasteiger partial charge in [-0.2, -0.15) is 0 Å². The monoisotopic (exact) mass is 418 g/mol. The van der Waals surface area contributed by atoms with Crippen molar-refractivity contribution in [3.05, 3.63) is 59.2 Å². The number of ether oxygens (including phenoxy) is 2. The highest BCUT2D eigenvalue weighted by atomic mass is 35.5. The van der Waals surface area contributed by atoms with Gasteiger partial charge in [0.25, 0.3) is 5.91 Å². The maximum absolute atomic E-state index is 12.7. The minimum absolute atomic E-state index is 0. The van der Waals surface area contributed by atoms with Gasteiger partial charge in [-0.05, 0) is 73.7 Å². The van der Waals surface area contributed by atoms with E-state index in [9.17, 15) is 4.79 Å². The molecule has 2 aromatic rings. The van der Waals surface area contributed by atoms with Gasteiger partial charge in [0.1, 0.15) is 0 Å². The second kappa shape index (κ2) is 11.1. The summed E-state index contributed by atoms with van der Waals surface area (Å²) in [6, 6.07) is 14.0. The van der Waals surface area contributed by atoms with Crippen LogP contribution in [-0.4, -0.2) is 51.7 Å². The van der Waals surface area contributed by atoms with Crippen molar-refractivity contribution in [2.75, 3.05) is 40.9 Å². The van der Waals surface area contributed by atoms with Gasteiger partial charge < -0.3 is 19.7 Å². The van der Waals surface area contributed by atoms with Crippen LogP contribution in [0.2, 0.25) is 0 Å². The molecule has 0 saturated carbocycles. The van der Waals surface area contributed by atoms with Gasteiger partial charge in [0.15, 0.2) is 11.5 Å². The highest BCUT2D eigenvalue weighted by Gasteiger charge is 2.16. The molecule has 1 aliphatic heterocycles. The van der Waals surface area contributed by atoms with E-state index >= 15 is 0 Å². The van der Waals surface area contributed by atoms with E-state index in [1.807, 2.05) is 37.4 Å². The lowest BCUT2D eigenvalue weighted by Crippen LogP contribution is -2.28. The van der Waals surface area contributed by atoms with E-state index in [2.05, 4.69) is 17.4 Å². The molecule has 1 N–H and O–H groups in total. The molecule has 0 bridgehead atoms. The van der Waals surface area contributed by atoms with E-state index in [4.69, 9.17) is 9.47 Å². The van der Waals surface area contributed by atoms with E-state index < -0.39 is 0 Å². The largest absolute Gasteiger partial charge is 0.493 e. The van der Waals surface area contributed by atoms with Crippen LogP contribution < -0.4 is 14.8 Å². The Morgan fingerprint density at radius 2 is 1.76 bits per heavy atom. The third-order valence-corrected chi connectivity index (χ3v) is 5.42. The molecule has 1 unspecified atom stereocenters. The first-order valence-corrected chi connectivity index (χ1v) is 9.86. The molecule has 5 nitrogen and oxygen atoms in total. The van der Waals surface area contributed by atoms with Gasteiger partial charge in [-0.15, -0.1) is 12.4 Å². The fourth-order valence-electron chi connectivity index (χ4n) is 3.66. The highest BCUT2D eigenvalue weighted by molar-refractivity contribution is 5.94. The fraction of sp³-hybridized carbons (Fsp3) is 0.435. The molecule has 1 saturated heterocycles.